The number of hydrogen-bond donors (Lipinski definition) is 0. The molecule has 2 heterocycles. The van der Waals surface area contributed by atoms with Crippen molar-refractivity contribution in [3.63, 3.8) is 0 Å². The Kier molecular flexibility index (Phi) is 1.88. The van der Waals surface area contributed by atoms with Gasteiger partial charge in [0.2, 0.25) is 0 Å². The van der Waals surface area contributed by atoms with Gasteiger partial charge in [-0.25, -0.2) is 9.97 Å². The number of halogens is 1. The van der Waals surface area contributed by atoms with Crippen LogP contribution in [0.2, 0.25) is 0 Å². The zero-order valence-corrected chi connectivity index (χ0v) is 8.45. The van der Waals surface area contributed by atoms with Crippen LogP contribution in [0, 0.1) is 0 Å². The summed E-state index contributed by atoms with van der Waals surface area (Å²) in [6.45, 7) is 0. The molecule has 0 aliphatic carbocycles. The fraction of sp³-hybridized carbons (Fsp3) is 0.125. The van der Waals surface area contributed by atoms with Gasteiger partial charge in [-0.15, -0.1) is 0 Å². The van der Waals surface area contributed by atoms with Crippen LogP contribution in [0.4, 0.5) is 0 Å². The van der Waals surface area contributed by atoms with E-state index in [9.17, 15) is 4.79 Å². The number of nitrogens with zero attached hydrogens (tertiary/aromatic N) is 3. The molecule has 0 N–H and O–H groups in total. The van der Waals surface area contributed by atoms with Gasteiger partial charge in [-0.3, -0.25) is 4.79 Å². The Hall–Kier alpha value is -1.23. The van der Waals surface area contributed by atoms with Crippen molar-refractivity contribution in [1.29, 1.82) is 0 Å². The average Bonchev–Trinajstić information content (AvgIpc) is 2.15. The SMILES string of the molecule is Cn1cc(Br)c2ncncc2c1=O. The van der Waals surface area contributed by atoms with E-state index in [0.29, 0.717) is 10.9 Å². The van der Waals surface area contributed by atoms with Crippen molar-refractivity contribution in [3.05, 3.63) is 33.5 Å². The average molecular weight is 240 g/mol. The monoisotopic (exact) mass is 239 g/mol. The quantitative estimate of drug-likeness (QED) is 0.692. The first kappa shape index (κ1) is 8.37. The van der Waals surface area contributed by atoms with Gasteiger partial charge in [0.1, 0.15) is 6.33 Å². The minimum Gasteiger partial charge on any atom is -0.317 e. The van der Waals surface area contributed by atoms with Crippen LogP contribution < -0.4 is 5.56 Å². The van der Waals surface area contributed by atoms with Crippen LogP contribution in [0.3, 0.4) is 0 Å². The zero-order chi connectivity index (χ0) is 9.42. The zero-order valence-electron chi connectivity index (χ0n) is 6.86. The minimum atomic E-state index is -0.0844. The van der Waals surface area contributed by atoms with Crippen LogP contribution in [0.15, 0.2) is 28.0 Å². The Bertz CT molecular complexity index is 520. The van der Waals surface area contributed by atoms with Crippen molar-refractivity contribution in [1.82, 2.24) is 14.5 Å². The third-order valence-corrected chi connectivity index (χ3v) is 2.38. The smallest absolute Gasteiger partial charge is 0.261 e. The van der Waals surface area contributed by atoms with E-state index in [2.05, 4.69) is 25.9 Å². The second-order valence-corrected chi connectivity index (χ2v) is 3.53. The van der Waals surface area contributed by atoms with Crippen LogP contribution in [-0.4, -0.2) is 14.5 Å². The molecule has 2 aromatic heterocycles. The maximum absolute atomic E-state index is 11.5. The molecule has 2 rings (SSSR count). The highest BCUT2D eigenvalue weighted by Gasteiger charge is 2.04. The Morgan fingerprint density at radius 3 is 3.08 bits per heavy atom. The van der Waals surface area contributed by atoms with Gasteiger partial charge in [-0.1, -0.05) is 0 Å². The summed E-state index contributed by atoms with van der Waals surface area (Å²) >= 11 is 3.33. The lowest BCUT2D eigenvalue weighted by atomic mass is 10.3. The molecule has 0 aliphatic rings. The van der Waals surface area contributed by atoms with Crippen molar-refractivity contribution < 1.29 is 0 Å². The van der Waals surface area contributed by atoms with E-state index in [1.807, 2.05) is 0 Å². The highest BCUT2D eigenvalue weighted by molar-refractivity contribution is 9.10. The summed E-state index contributed by atoms with van der Waals surface area (Å²) in [6.07, 6.45) is 4.64. The summed E-state index contributed by atoms with van der Waals surface area (Å²) < 4.78 is 2.29. The van der Waals surface area contributed by atoms with E-state index < -0.39 is 0 Å². The van der Waals surface area contributed by atoms with Crippen LogP contribution in [0.1, 0.15) is 0 Å². The van der Waals surface area contributed by atoms with Crippen LogP contribution in [0.5, 0.6) is 0 Å². The second-order valence-electron chi connectivity index (χ2n) is 2.68. The highest BCUT2D eigenvalue weighted by atomic mass is 79.9. The lowest BCUT2D eigenvalue weighted by Gasteiger charge is -2.01. The number of pyridine rings is 1. The first-order chi connectivity index (χ1) is 6.20. The molecule has 0 bridgehead atoms. The molecule has 0 saturated heterocycles. The predicted molar refractivity (Wildman–Crippen MR) is 52.5 cm³/mol. The molecule has 0 atom stereocenters. The topological polar surface area (TPSA) is 47.8 Å². The van der Waals surface area contributed by atoms with E-state index in [1.54, 1.807) is 13.2 Å². The summed E-state index contributed by atoms with van der Waals surface area (Å²) in [5.41, 5.74) is 0.567. The number of aryl methyl sites for hydroxylation is 1. The molecule has 0 aromatic carbocycles. The number of aromatic nitrogens is 3. The normalized spacial score (nSPS) is 10.6. The molecule has 0 fully saturated rings. The molecular formula is C8H6BrN3O. The van der Waals surface area contributed by atoms with E-state index in [4.69, 9.17) is 0 Å². The predicted octanol–water partition coefficient (Wildman–Crippen LogP) is 1.09. The van der Waals surface area contributed by atoms with Crippen LogP contribution >= 0.6 is 15.9 Å². The fourth-order valence-corrected chi connectivity index (χ4v) is 1.78. The summed E-state index contributed by atoms with van der Waals surface area (Å²) in [6, 6.07) is 0. The number of hydrogen-bond acceptors (Lipinski definition) is 3. The van der Waals surface area contributed by atoms with E-state index in [-0.39, 0.29) is 5.56 Å². The second kappa shape index (κ2) is 2.92. The van der Waals surface area contributed by atoms with E-state index >= 15 is 0 Å². The Morgan fingerprint density at radius 2 is 2.31 bits per heavy atom. The lowest BCUT2D eigenvalue weighted by Crippen LogP contribution is -2.16. The molecule has 0 saturated carbocycles. The Balaban J connectivity index is 3.06. The third-order valence-electron chi connectivity index (χ3n) is 1.80. The van der Waals surface area contributed by atoms with Gasteiger partial charge in [0.25, 0.3) is 5.56 Å². The molecule has 4 nitrogen and oxygen atoms in total. The molecular weight excluding hydrogens is 234 g/mol. The molecule has 0 amide bonds. The van der Waals surface area contributed by atoms with Gasteiger partial charge in [0.15, 0.2) is 0 Å². The lowest BCUT2D eigenvalue weighted by molar-refractivity contribution is 0.866. The van der Waals surface area contributed by atoms with Crippen molar-refractivity contribution >= 4 is 26.8 Å². The van der Waals surface area contributed by atoms with Crippen molar-refractivity contribution in [2.75, 3.05) is 0 Å². The molecule has 0 aliphatic heterocycles. The van der Waals surface area contributed by atoms with Gasteiger partial charge < -0.3 is 4.57 Å². The molecule has 0 radical (unpaired) electrons. The van der Waals surface area contributed by atoms with E-state index in [1.165, 1.54) is 17.1 Å². The van der Waals surface area contributed by atoms with Gasteiger partial charge in [-0.2, -0.15) is 0 Å². The summed E-state index contributed by atoms with van der Waals surface area (Å²) in [4.78, 5) is 19.4. The summed E-state index contributed by atoms with van der Waals surface area (Å²) in [7, 11) is 1.69. The maximum Gasteiger partial charge on any atom is 0.261 e. The van der Waals surface area contributed by atoms with Gasteiger partial charge >= 0.3 is 0 Å². The van der Waals surface area contributed by atoms with Gasteiger partial charge in [-0.05, 0) is 15.9 Å². The number of rotatable bonds is 0. The molecule has 2 aromatic rings. The summed E-state index contributed by atoms with van der Waals surface area (Å²) in [5, 5.41) is 0.527. The Labute approximate surface area is 82.4 Å². The standard InChI is InChI=1S/C8H6BrN3O/c1-12-3-6(9)7-5(8(12)13)2-10-4-11-7/h2-4H,1H3. The molecule has 5 heteroatoms. The maximum atomic E-state index is 11.5. The van der Waals surface area contributed by atoms with Gasteiger partial charge in [0.05, 0.1) is 15.4 Å². The number of fused-ring (bicyclic) bond motifs is 1. The largest absolute Gasteiger partial charge is 0.317 e. The first-order valence-electron chi connectivity index (χ1n) is 3.65. The first-order valence-corrected chi connectivity index (χ1v) is 4.44. The minimum absolute atomic E-state index is 0.0844. The highest BCUT2D eigenvalue weighted by Crippen LogP contribution is 2.16. The fourth-order valence-electron chi connectivity index (χ4n) is 1.16. The van der Waals surface area contributed by atoms with Gasteiger partial charge in [0, 0.05) is 19.4 Å². The van der Waals surface area contributed by atoms with Crippen molar-refractivity contribution in [2.45, 2.75) is 0 Å². The van der Waals surface area contributed by atoms with Crippen LogP contribution in [0.25, 0.3) is 10.9 Å². The molecule has 0 unspecified atom stereocenters. The van der Waals surface area contributed by atoms with E-state index in [0.717, 1.165) is 4.47 Å². The summed E-state index contributed by atoms with van der Waals surface area (Å²) in [5.74, 6) is 0. The van der Waals surface area contributed by atoms with Crippen LogP contribution in [-0.2, 0) is 7.05 Å². The molecule has 0 spiro atoms. The Morgan fingerprint density at radius 1 is 1.54 bits per heavy atom. The molecule has 66 valence electrons. The van der Waals surface area contributed by atoms with Crippen molar-refractivity contribution in [2.24, 2.45) is 7.05 Å². The van der Waals surface area contributed by atoms with Crippen molar-refractivity contribution in [3.8, 4) is 0 Å². The molecule has 13 heavy (non-hydrogen) atoms. The third kappa shape index (κ3) is 1.25.